The third kappa shape index (κ3) is 9.09. The van der Waals surface area contributed by atoms with Crippen molar-refractivity contribution in [3.8, 4) is 5.75 Å². The van der Waals surface area contributed by atoms with Gasteiger partial charge in [-0.3, -0.25) is 13.9 Å². The number of methoxy groups -OCH3 is 1. The van der Waals surface area contributed by atoms with E-state index in [0.717, 1.165) is 21.9 Å². The third-order valence-electron chi connectivity index (χ3n) is 6.38. The van der Waals surface area contributed by atoms with Gasteiger partial charge < -0.3 is 15.0 Å². The summed E-state index contributed by atoms with van der Waals surface area (Å²) >= 11 is 3.44. The van der Waals surface area contributed by atoms with Crippen LogP contribution in [0, 0.1) is 0 Å². The summed E-state index contributed by atoms with van der Waals surface area (Å²) in [7, 11) is -2.09. The highest BCUT2D eigenvalue weighted by Gasteiger charge is 2.30. The number of amides is 2. The van der Waals surface area contributed by atoms with Gasteiger partial charge in [-0.15, -0.1) is 0 Å². The zero-order valence-corrected chi connectivity index (χ0v) is 25.4. The average molecular weight is 631 g/mol. The van der Waals surface area contributed by atoms with Crippen molar-refractivity contribution in [2.24, 2.45) is 0 Å². The monoisotopic (exact) mass is 629 g/mol. The molecule has 0 aliphatic rings. The Morgan fingerprint density at radius 1 is 0.975 bits per heavy atom. The molecule has 40 heavy (non-hydrogen) atoms. The smallest absolute Gasteiger partial charge is 0.243 e. The van der Waals surface area contributed by atoms with E-state index >= 15 is 0 Å². The zero-order chi connectivity index (χ0) is 29.1. The number of carbonyl (C=O) groups excluding carboxylic acids is 2. The molecule has 2 amide bonds. The van der Waals surface area contributed by atoms with Crippen LogP contribution in [0.1, 0.15) is 30.9 Å². The Hall–Kier alpha value is -3.37. The second kappa shape index (κ2) is 14.9. The molecule has 0 aromatic heterocycles. The number of nitrogens with zero attached hydrogens (tertiary/aromatic N) is 2. The first kappa shape index (κ1) is 31.2. The van der Waals surface area contributed by atoms with E-state index in [1.807, 2.05) is 61.5 Å². The highest BCUT2D eigenvalue weighted by molar-refractivity contribution is 9.10. The van der Waals surface area contributed by atoms with Crippen LogP contribution in [0.15, 0.2) is 83.3 Å². The molecule has 1 atom stereocenters. The Bertz CT molecular complexity index is 1370. The van der Waals surface area contributed by atoms with Gasteiger partial charge in [-0.1, -0.05) is 64.5 Å². The molecule has 0 heterocycles. The molecule has 0 saturated carbocycles. The highest BCUT2D eigenvalue weighted by atomic mass is 79.9. The molecule has 3 aromatic carbocycles. The summed E-state index contributed by atoms with van der Waals surface area (Å²) in [4.78, 5) is 28.7. The van der Waals surface area contributed by atoms with Gasteiger partial charge in [0, 0.05) is 43.0 Å². The Labute approximate surface area is 245 Å². The third-order valence-corrected chi connectivity index (χ3v) is 8.10. The summed E-state index contributed by atoms with van der Waals surface area (Å²) in [5.74, 6) is 0.0775. The number of anilines is 1. The summed E-state index contributed by atoms with van der Waals surface area (Å²) in [6, 6.07) is 23.3. The van der Waals surface area contributed by atoms with Crippen molar-refractivity contribution in [2.75, 3.05) is 30.8 Å². The van der Waals surface area contributed by atoms with Crippen molar-refractivity contribution in [3.05, 3.63) is 94.5 Å². The van der Waals surface area contributed by atoms with Crippen LogP contribution in [0.2, 0.25) is 0 Å². The number of likely N-dealkylation sites (N-methyl/N-ethyl adjacent to an activating group) is 1. The lowest BCUT2D eigenvalue weighted by Gasteiger charge is -2.32. The van der Waals surface area contributed by atoms with Crippen LogP contribution < -0.4 is 14.4 Å². The van der Waals surface area contributed by atoms with Gasteiger partial charge in [-0.25, -0.2) is 8.42 Å². The molecule has 3 aromatic rings. The minimum absolute atomic E-state index is 0.0667. The second-order valence-electron chi connectivity index (χ2n) is 9.39. The van der Waals surface area contributed by atoms with E-state index in [9.17, 15) is 18.0 Å². The lowest BCUT2D eigenvalue weighted by Crippen LogP contribution is -2.50. The summed E-state index contributed by atoms with van der Waals surface area (Å²) in [5.41, 5.74) is 2.28. The van der Waals surface area contributed by atoms with E-state index in [-0.39, 0.29) is 37.7 Å². The first-order valence-corrected chi connectivity index (χ1v) is 15.7. The predicted octanol–water partition coefficient (Wildman–Crippen LogP) is 4.78. The molecule has 1 N–H and O–H groups in total. The number of carbonyl (C=O) groups is 2. The Kier molecular flexibility index (Phi) is 11.6. The van der Waals surface area contributed by atoms with Crippen LogP contribution >= 0.6 is 15.9 Å². The van der Waals surface area contributed by atoms with E-state index in [0.29, 0.717) is 24.4 Å². The fraction of sp³-hybridized carbons (Fsp3) is 0.333. The number of rotatable bonds is 14. The van der Waals surface area contributed by atoms with Gasteiger partial charge in [0.15, 0.2) is 0 Å². The van der Waals surface area contributed by atoms with E-state index in [4.69, 9.17) is 4.74 Å². The maximum atomic E-state index is 13.8. The SMILES string of the molecule is CCNC(=O)[C@H](Cc1ccccc1)N(Cc1ccc(Br)cc1)C(=O)CCCN(c1cccc(OC)c1)S(C)(=O)=O. The van der Waals surface area contributed by atoms with Crippen LogP contribution in [-0.2, 0) is 32.6 Å². The van der Waals surface area contributed by atoms with E-state index < -0.39 is 16.1 Å². The Morgan fingerprint density at radius 2 is 1.68 bits per heavy atom. The van der Waals surface area contributed by atoms with Gasteiger partial charge in [0.05, 0.1) is 19.1 Å². The van der Waals surface area contributed by atoms with E-state index in [2.05, 4.69) is 21.2 Å². The number of benzene rings is 3. The molecule has 0 radical (unpaired) electrons. The average Bonchev–Trinajstić information content (AvgIpc) is 2.94. The van der Waals surface area contributed by atoms with Gasteiger partial charge >= 0.3 is 0 Å². The standard InChI is InChI=1S/C30H36BrN3O5S/c1-4-32-30(36)28(20-23-10-6-5-7-11-23)33(22-24-15-17-25(31)18-16-24)29(35)14-9-19-34(40(3,37)38)26-12-8-13-27(21-26)39-2/h5-8,10-13,15-18,21,28H,4,9,14,19-20,22H2,1-3H3,(H,32,36)/t28-/m0/s1. The molecule has 0 unspecified atom stereocenters. The number of ether oxygens (including phenoxy) is 1. The van der Waals surface area contributed by atoms with E-state index in [1.165, 1.54) is 11.4 Å². The minimum Gasteiger partial charge on any atom is -0.497 e. The minimum atomic E-state index is -3.61. The van der Waals surface area contributed by atoms with Crippen LogP contribution in [0.3, 0.4) is 0 Å². The number of halogens is 1. The molecule has 10 heteroatoms. The number of hydrogen-bond donors (Lipinski definition) is 1. The molecule has 0 saturated heterocycles. The largest absolute Gasteiger partial charge is 0.497 e. The van der Waals surface area contributed by atoms with Crippen molar-refractivity contribution < 1.29 is 22.7 Å². The first-order valence-electron chi connectivity index (χ1n) is 13.1. The van der Waals surface area contributed by atoms with Gasteiger partial charge in [0.1, 0.15) is 11.8 Å². The number of nitrogens with one attached hydrogen (secondary N) is 1. The fourth-order valence-electron chi connectivity index (χ4n) is 4.40. The molecular formula is C30H36BrN3O5S. The predicted molar refractivity (Wildman–Crippen MR) is 162 cm³/mol. The van der Waals surface area contributed by atoms with Crippen molar-refractivity contribution in [2.45, 2.75) is 38.8 Å². The molecule has 0 aliphatic carbocycles. The van der Waals surface area contributed by atoms with Crippen molar-refractivity contribution >= 4 is 43.5 Å². The van der Waals surface area contributed by atoms with Crippen LogP contribution in [-0.4, -0.2) is 57.6 Å². The number of sulfonamides is 1. The van der Waals surface area contributed by atoms with Gasteiger partial charge in [-0.2, -0.15) is 0 Å². The summed E-state index contributed by atoms with van der Waals surface area (Å²) in [6.07, 6.45) is 1.83. The molecular weight excluding hydrogens is 594 g/mol. The zero-order valence-electron chi connectivity index (χ0n) is 23.0. The maximum absolute atomic E-state index is 13.8. The van der Waals surface area contributed by atoms with Crippen molar-refractivity contribution in [3.63, 3.8) is 0 Å². The summed E-state index contributed by atoms with van der Waals surface area (Å²) in [5, 5.41) is 2.88. The van der Waals surface area contributed by atoms with Crippen molar-refractivity contribution in [1.29, 1.82) is 0 Å². The normalized spacial score (nSPS) is 11.9. The molecule has 214 valence electrons. The lowest BCUT2D eigenvalue weighted by atomic mass is 10.0. The first-order chi connectivity index (χ1) is 19.1. The van der Waals surface area contributed by atoms with Gasteiger partial charge in [0.2, 0.25) is 21.8 Å². The molecule has 0 bridgehead atoms. The van der Waals surface area contributed by atoms with E-state index in [1.54, 1.807) is 29.2 Å². The summed E-state index contributed by atoms with van der Waals surface area (Å²) in [6.45, 7) is 2.63. The highest BCUT2D eigenvalue weighted by Crippen LogP contribution is 2.24. The Morgan fingerprint density at radius 3 is 2.30 bits per heavy atom. The number of hydrogen-bond acceptors (Lipinski definition) is 5. The van der Waals surface area contributed by atoms with Crippen LogP contribution in [0.4, 0.5) is 5.69 Å². The lowest BCUT2D eigenvalue weighted by molar-refractivity contribution is -0.141. The topological polar surface area (TPSA) is 96.0 Å². The van der Waals surface area contributed by atoms with Crippen molar-refractivity contribution in [1.82, 2.24) is 10.2 Å². The van der Waals surface area contributed by atoms with Crippen LogP contribution in [0.5, 0.6) is 5.75 Å². The summed E-state index contributed by atoms with van der Waals surface area (Å²) < 4.78 is 32.7. The Balaban J connectivity index is 1.85. The molecule has 3 rings (SSSR count). The maximum Gasteiger partial charge on any atom is 0.243 e. The quantitative estimate of drug-likeness (QED) is 0.277. The van der Waals surface area contributed by atoms with Gasteiger partial charge in [-0.05, 0) is 48.7 Å². The van der Waals surface area contributed by atoms with Gasteiger partial charge in [0.25, 0.3) is 0 Å². The molecule has 8 nitrogen and oxygen atoms in total. The fourth-order valence-corrected chi connectivity index (χ4v) is 5.62. The molecule has 0 aliphatic heterocycles. The molecule has 0 spiro atoms. The van der Waals surface area contributed by atoms with Crippen LogP contribution in [0.25, 0.3) is 0 Å². The second-order valence-corrected chi connectivity index (χ2v) is 12.2. The molecule has 0 fully saturated rings.